The molecule has 162 valence electrons. The Bertz CT molecular complexity index is 1060. The lowest BCUT2D eigenvalue weighted by Crippen LogP contribution is -2.35. The van der Waals surface area contributed by atoms with E-state index in [1.165, 1.54) is 41.2 Å². The van der Waals surface area contributed by atoms with Gasteiger partial charge in [-0.2, -0.15) is 12.6 Å². The molecule has 1 saturated carbocycles. The molecule has 3 nitrogen and oxygen atoms in total. The van der Waals surface area contributed by atoms with Crippen molar-refractivity contribution in [2.45, 2.75) is 57.0 Å². The van der Waals surface area contributed by atoms with Crippen molar-refractivity contribution in [3.05, 3.63) is 82.9 Å². The summed E-state index contributed by atoms with van der Waals surface area (Å²) < 4.78 is 0. The molecule has 0 aromatic heterocycles. The molecule has 0 aliphatic heterocycles. The molecule has 0 spiro atoms. The fraction of sp³-hybridized carbons (Fsp3) is 0.370. The summed E-state index contributed by atoms with van der Waals surface area (Å²) in [5.41, 5.74) is 9.92. The fourth-order valence-corrected chi connectivity index (χ4v) is 5.39. The highest BCUT2D eigenvalue weighted by molar-refractivity contribution is 7.80. The molecule has 4 rings (SSSR count). The van der Waals surface area contributed by atoms with Gasteiger partial charge in [0.15, 0.2) is 0 Å². The van der Waals surface area contributed by atoms with Crippen molar-refractivity contribution >= 4 is 29.3 Å². The summed E-state index contributed by atoms with van der Waals surface area (Å²) in [5.74, 6) is 0.864. The number of aryl methyl sites for hydroxylation is 1. The van der Waals surface area contributed by atoms with Gasteiger partial charge in [0.25, 0.3) is 0 Å². The van der Waals surface area contributed by atoms with E-state index in [-0.39, 0.29) is 5.91 Å². The summed E-state index contributed by atoms with van der Waals surface area (Å²) in [7, 11) is 0. The number of carbonyl (C=O) groups excluding carboxylic acids is 1. The van der Waals surface area contributed by atoms with Crippen molar-refractivity contribution in [2.75, 3.05) is 5.75 Å². The molecule has 1 aliphatic rings. The fourth-order valence-electron chi connectivity index (χ4n) is 5.15. The van der Waals surface area contributed by atoms with E-state index < -0.39 is 0 Å². The molecular formula is C27H32N2OS. The highest BCUT2D eigenvalue weighted by atomic mass is 32.1. The van der Waals surface area contributed by atoms with Gasteiger partial charge in [-0.25, -0.2) is 0 Å². The van der Waals surface area contributed by atoms with Gasteiger partial charge in [0.1, 0.15) is 0 Å². The number of benzene rings is 3. The summed E-state index contributed by atoms with van der Waals surface area (Å²) in [4.78, 5) is 11.8. The Hall–Kier alpha value is -2.30. The molecule has 3 aromatic rings. The molecule has 1 amide bonds. The van der Waals surface area contributed by atoms with Gasteiger partial charge in [0.05, 0.1) is 0 Å². The van der Waals surface area contributed by atoms with E-state index in [0.717, 1.165) is 18.4 Å². The third-order valence-corrected chi connectivity index (χ3v) is 6.92. The molecule has 4 heteroatoms. The van der Waals surface area contributed by atoms with E-state index >= 15 is 0 Å². The van der Waals surface area contributed by atoms with Crippen LogP contribution >= 0.6 is 12.6 Å². The normalized spacial score (nSPS) is 19.9. The van der Waals surface area contributed by atoms with E-state index in [0.29, 0.717) is 29.3 Å². The molecule has 3 atom stereocenters. The van der Waals surface area contributed by atoms with Gasteiger partial charge >= 0.3 is 0 Å². The number of primary amides is 1. The first-order chi connectivity index (χ1) is 15.1. The minimum Gasteiger partial charge on any atom is -0.366 e. The number of hydrogen-bond acceptors (Lipinski definition) is 3. The molecular weight excluding hydrogens is 400 g/mol. The predicted octanol–water partition coefficient (Wildman–Crippen LogP) is 5.79. The highest BCUT2D eigenvalue weighted by Gasteiger charge is 2.25. The zero-order chi connectivity index (χ0) is 21.8. The van der Waals surface area contributed by atoms with Crippen LogP contribution in [0, 0.1) is 0 Å². The molecule has 0 bridgehead atoms. The molecule has 2 unspecified atom stereocenters. The van der Waals surface area contributed by atoms with Crippen LogP contribution in [0.5, 0.6) is 0 Å². The van der Waals surface area contributed by atoms with Crippen LogP contribution in [0.2, 0.25) is 0 Å². The van der Waals surface area contributed by atoms with Crippen LogP contribution < -0.4 is 11.1 Å². The van der Waals surface area contributed by atoms with Crippen LogP contribution in [0.1, 0.15) is 71.6 Å². The Morgan fingerprint density at radius 2 is 1.94 bits per heavy atom. The molecule has 0 radical (unpaired) electrons. The number of nitrogens with two attached hydrogens (primary N) is 1. The van der Waals surface area contributed by atoms with Crippen molar-refractivity contribution in [3.63, 3.8) is 0 Å². The Labute approximate surface area is 190 Å². The zero-order valence-electron chi connectivity index (χ0n) is 18.2. The minimum absolute atomic E-state index is 0.298. The number of carbonyl (C=O) groups is 1. The first-order valence-corrected chi connectivity index (χ1v) is 12.0. The number of fused-ring (bicyclic) bond motifs is 1. The van der Waals surface area contributed by atoms with Crippen LogP contribution in [0.15, 0.2) is 60.7 Å². The maximum atomic E-state index is 11.8. The number of hydrogen-bond donors (Lipinski definition) is 3. The average molecular weight is 433 g/mol. The topological polar surface area (TPSA) is 55.1 Å². The molecule has 1 aliphatic carbocycles. The SMILES string of the molecule is C[C@@H](NC1CCCC(c2ccc(C(N)=O)c(CCS)c2)C1)c1cccc2ccccc12. The maximum absolute atomic E-state index is 11.8. The summed E-state index contributed by atoms with van der Waals surface area (Å²) in [6.45, 7) is 2.28. The van der Waals surface area contributed by atoms with Gasteiger partial charge in [0, 0.05) is 17.6 Å². The van der Waals surface area contributed by atoms with Crippen molar-refractivity contribution in [1.29, 1.82) is 0 Å². The predicted molar refractivity (Wildman–Crippen MR) is 133 cm³/mol. The standard InChI is InChI=1S/C27H32N2OS/c1-18(24-11-5-7-19-6-2-3-10-25(19)24)29-23-9-4-8-20(17-23)21-12-13-26(27(28)30)22(16-21)14-15-31/h2-3,5-7,10-13,16,18,20,23,29,31H,4,8-9,14-15,17H2,1H3,(H2,28,30)/t18-,20?,23?/m1/s1. The number of amides is 1. The summed E-state index contributed by atoms with van der Waals surface area (Å²) in [6.07, 6.45) is 5.49. The second-order valence-corrected chi connectivity index (χ2v) is 9.22. The van der Waals surface area contributed by atoms with Gasteiger partial charge < -0.3 is 11.1 Å². The maximum Gasteiger partial charge on any atom is 0.248 e. The first kappa shape index (κ1) is 21.9. The van der Waals surface area contributed by atoms with E-state index in [1.807, 2.05) is 6.07 Å². The van der Waals surface area contributed by atoms with E-state index in [4.69, 9.17) is 5.73 Å². The van der Waals surface area contributed by atoms with E-state index in [9.17, 15) is 4.79 Å². The molecule has 0 saturated heterocycles. The highest BCUT2D eigenvalue weighted by Crippen LogP contribution is 2.35. The number of nitrogens with one attached hydrogen (secondary N) is 1. The lowest BCUT2D eigenvalue weighted by atomic mass is 9.80. The second-order valence-electron chi connectivity index (χ2n) is 8.77. The zero-order valence-corrected chi connectivity index (χ0v) is 19.1. The van der Waals surface area contributed by atoms with Gasteiger partial charge in [0.2, 0.25) is 5.91 Å². The molecule has 1 fully saturated rings. The van der Waals surface area contributed by atoms with Gasteiger partial charge in [-0.3, -0.25) is 4.79 Å². The third kappa shape index (κ3) is 4.97. The largest absolute Gasteiger partial charge is 0.366 e. The smallest absolute Gasteiger partial charge is 0.248 e. The van der Waals surface area contributed by atoms with Gasteiger partial charge in [-0.15, -0.1) is 0 Å². The lowest BCUT2D eigenvalue weighted by molar-refractivity contribution is 0.0999. The molecule has 3 aromatic carbocycles. The van der Waals surface area contributed by atoms with Crippen LogP contribution in [0.25, 0.3) is 10.8 Å². The van der Waals surface area contributed by atoms with Crippen molar-refractivity contribution in [1.82, 2.24) is 5.32 Å². The van der Waals surface area contributed by atoms with Crippen LogP contribution in [-0.4, -0.2) is 17.7 Å². The Morgan fingerprint density at radius 1 is 1.13 bits per heavy atom. The van der Waals surface area contributed by atoms with Crippen molar-refractivity contribution < 1.29 is 4.79 Å². The quantitative estimate of drug-likeness (QED) is 0.414. The molecule has 3 N–H and O–H groups in total. The van der Waals surface area contributed by atoms with Crippen molar-refractivity contribution in [2.24, 2.45) is 5.73 Å². The van der Waals surface area contributed by atoms with Gasteiger partial charge in [-0.1, -0.05) is 61.0 Å². The van der Waals surface area contributed by atoms with Crippen LogP contribution in [0.3, 0.4) is 0 Å². The lowest BCUT2D eigenvalue weighted by Gasteiger charge is -2.33. The summed E-state index contributed by atoms with van der Waals surface area (Å²) >= 11 is 4.36. The molecule has 31 heavy (non-hydrogen) atoms. The summed E-state index contributed by atoms with van der Waals surface area (Å²) in [6, 6.07) is 22.2. The minimum atomic E-state index is -0.351. The summed E-state index contributed by atoms with van der Waals surface area (Å²) in [5, 5.41) is 6.53. The van der Waals surface area contributed by atoms with Crippen LogP contribution in [-0.2, 0) is 6.42 Å². The Morgan fingerprint density at radius 3 is 2.74 bits per heavy atom. The van der Waals surface area contributed by atoms with Gasteiger partial charge in [-0.05, 0) is 77.8 Å². The average Bonchev–Trinajstić information content (AvgIpc) is 2.79. The number of thiol groups is 1. The first-order valence-electron chi connectivity index (χ1n) is 11.3. The third-order valence-electron chi connectivity index (χ3n) is 6.70. The van der Waals surface area contributed by atoms with Crippen molar-refractivity contribution in [3.8, 4) is 0 Å². The van der Waals surface area contributed by atoms with E-state index in [2.05, 4.69) is 79.5 Å². The Balaban J connectivity index is 1.50. The Kier molecular flexibility index (Phi) is 6.99. The molecule has 0 heterocycles. The van der Waals surface area contributed by atoms with E-state index in [1.54, 1.807) is 0 Å². The van der Waals surface area contributed by atoms with Crippen LogP contribution in [0.4, 0.5) is 0 Å². The monoisotopic (exact) mass is 432 g/mol. The second kappa shape index (κ2) is 9.88. The number of rotatable bonds is 7.